The Bertz CT molecular complexity index is 805. The van der Waals surface area contributed by atoms with E-state index in [0.29, 0.717) is 6.42 Å². The molecule has 29 heavy (non-hydrogen) atoms. The topological polar surface area (TPSA) is 49.9 Å². The SMILES string of the molecule is CC(C)(C)OC(=O)N(C1=C(c2ccccc2)C1)C1CCN(C(=O)C(F)(F)F)CC1. The molecule has 2 aliphatic rings. The van der Waals surface area contributed by atoms with Gasteiger partial charge < -0.3 is 9.64 Å². The van der Waals surface area contributed by atoms with Gasteiger partial charge in [0.15, 0.2) is 0 Å². The number of allylic oxidation sites excluding steroid dienone is 2. The molecule has 1 aromatic rings. The van der Waals surface area contributed by atoms with E-state index < -0.39 is 23.8 Å². The van der Waals surface area contributed by atoms with Crippen LogP contribution in [0, 0.1) is 0 Å². The number of carbonyl (C=O) groups excluding carboxylic acids is 2. The number of hydrogen-bond donors (Lipinski definition) is 0. The first-order chi connectivity index (χ1) is 13.5. The molecule has 5 nitrogen and oxygen atoms in total. The lowest BCUT2D eigenvalue weighted by Gasteiger charge is -2.38. The maximum absolute atomic E-state index is 12.9. The molecule has 2 amide bonds. The zero-order chi connectivity index (χ0) is 21.4. The van der Waals surface area contributed by atoms with E-state index in [1.54, 1.807) is 25.7 Å². The molecule has 1 aliphatic heterocycles. The molecule has 0 aromatic heterocycles. The molecule has 0 atom stereocenters. The van der Waals surface area contributed by atoms with E-state index in [1.807, 2.05) is 30.3 Å². The van der Waals surface area contributed by atoms with Crippen LogP contribution in [0.15, 0.2) is 36.0 Å². The number of hydrogen-bond acceptors (Lipinski definition) is 3. The van der Waals surface area contributed by atoms with E-state index in [1.165, 1.54) is 0 Å². The maximum Gasteiger partial charge on any atom is 0.471 e. The lowest BCUT2D eigenvalue weighted by molar-refractivity contribution is -0.186. The van der Waals surface area contributed by atoms with Gasteiger partial charge >= 0.3 is 18.2 Å². The number of ether oxygens (including phenoxy) is 1. The predicted octanol–water partition coefficient (Wildman–Crippen LogP) is 4.59. The Morgan fingerprint density at radius 1 is 1.07 bits per heavy atom. The second kappa shape index (κ2) is 7.72. The summed E-state index contributed by atoms with van der Waals surface area (Å²) in [6, 6.07) is 9.35. The van der Waals surface area contributed by atoms with Crippen LogP contribution in [0.5, 0.6) is 0 Å². The van der Waals surface area contributed by atoms with E-state index >= 15 is 0 Å². The summed E-state index contributed by atoms with van der Waals surface area (Å²) in [5.74, 6) is -1.82. The average Bonchev–Trinajstić information content (AvgIpc) is 3.40. The molecular formula is C21H25F3N2O3. The predicted molar refractivity (Wildman–Crippen MR) is 102 cm³/mol. The van der Waals surface area contributed by atoms with Gasteiger partial charge in [0.25, 0.3) is 0 Å². The summed E-state index contributed by atoms with van der Waals surface area (Å²) in [6.07, 6.45) is -4.21. The van der Waals surface area contributed by atoms with Gasteiger partial charge in [-0.05, 0) is 44.7 Å². The number of amides is 2. The Morgan fingerprint density at radius 3 is 2.17 bits per heavy atom. The summed E-state index contributed by atoms with van der Waals surface area (Å²) in [4.78, 5) is 26.8. The van der Waals surface area contributed by atoms with Crippen LogP contribution in [0.4, 0.5) is 18.0 Å². The number of benzene rings is 1. The highest BCUT2D eigenvalue weighted by Crippen LogP contribution is 2.44. The zero-order valence-corrected chi connectivity index (χ0v) is 16.8. The summed E-state index contributed by atoms with van der Waals surface area (Å²) in [5.41, 5.74) is 2.20. The third-order valence-electron chi connectivity index (χ3n) is 4.93. The smallest absolute Gasteiger partial charge is 0.443 e. The summed E-state index contributed by atoms with van der Waals surface area (Å²) < 4.78 is 43.7. The number of halogens is 3. The fraction of sp³-hybridized carbons (Fsp3) is 0.524. The summed E-state index contributed by atoms with van der Waals surface area (Å²) in [7, 11) is 0. The van der Waals surface area contributed by atoms with Crippen molar-refractivity contribution in [3.05, 3.63) is 41.6 Å². The first-order valence-electron chi connectivity index (χ1n) is 9.63. The standard InChI is InChI=1S/C21H25F3N2O3/c1-20(2,3)29-19(28)26(17-13-16(17)14-7-5-4-6-8-14)15-9-11-25(12-10-15)18(27)21(22,23)24/h4-8,15H,9-13H2,1-3H3. The average molecular weight is 410 g/mol. The van der Waals surface area contributed by atoms with E-state index in [9.17, 15) is 22.8 Å². The summed E-state index contributed by atoms with van der Waals surface area (Å²) in [5, 5.41) is 0. The third kappa shape index (κ3) is 5.10. The van der Waals surface area contributed by atoms with Crippen molar-refractivity contribution in [2.24, 2.45) is 0 Å². The first-order valence-corrected chi connectivity index (χ1v) is 9.63. The van der Waals surface area contributed by atoms with Crippen LogP contribution in [0.3, 0.4) is 0 Å². The lowest BCUT2D eigenvalue weighted by Crippen LogP contribution is -2.51. The number of nitrogens with zero attached hydrogens (tertiary/aromatic N) is 2. The zero-order valence-electron chi connectivity index (χ0n) is 16.8. The van der Waals surface area contributed by atoms with Gasteiger partial charge in [0.2, 0.25) is 0 Å². The van der Waals surface area contributed by atoms with Crippen molar-refractivity contribution < 1.29 is 27.5 Å². The number of alkyl halides is 3. The van der Waals surface area contributed by atoms with Gasteiger partial charge in [0.05, 0.1) is 0 Å². The van der Waals surface area contributed by atoms with Crippen LogP contribution in [0.1, 0.15) is 45.6 Å². The molecule has 0 N–H and O–H groups in total. The highest BCUT2D eigenvalue weighted by molar-refractivity contribution is 5.87. The van der Waals surface area contributed by atoms with Crippen molar-refractivity contribution in [2.45, 2.75) is 57.9 Å². The van der Waals surface area contributed by atoms with Crippen LogP contribution in [-0.2, 0) is 9.53 Å². The first kappa shape index (κ1) is 21.2. The molecule has 8 heteroatoms. The Balaban J connectivity index is 1.78. The second-order valence-electron chi connectivity index (χ2n) is 8.34. The van der Waals surface area contributed by atoms with Crippen molar-refractivity contribution >= 4 is 17.6 Å². The fourth-order valence-corrected chi connectivity index (χ4v) is 3.56. The quantitative estimate of drug-likeness (QED) is 0.732. The number of piperidine rings is 1. The highest BCUT2D eigenvalue weighted by Gasteiger charge is 2.45. The van der Waals surface area contributed by atoms with Gasteiger partial charge in [-0.3, -0.25) is 9.69 Å². The van der Waals surface area contributed by atoms with Crippen LogP contribution < -0.4 is 0 Å². The molecule has 0 unspecified atom stereocenters. The lowest BCUT2D eigenvalue weighted by atomic mass is 10.0. The Kier molecular flexibility index (Phi) is 5.65. The molecule has 0 bridgehead atoms. The second-order valence-corrected chi connectivity index (χ2v) is 8.34. The van der Waals surface area contributed by atoms with Gasteiger partial charge in [-0.1, -0.05) is 30.3 Å². The van der Waals surface area contributed by atoms with E-state index in [-0.39, 0.29) is 32.0 Å². The normalized spacial score (nSPS) is 17.9. The van der Waals surface area contributed by atoms with Gasteiger partial charge in [-0.2, -0.15) is 13.2 Å². The third-order valence-corrected chi connectivity index (χ3v) is 4.93. The monoisotopic (exact) mass is 410 g/mol. The highest BCUT2D eigenvalue weighted by atomic mass is 19.4. The minimum Gasteiger partial charge on any atom is -0.443 e. The maximum atomic E-state index is 12.9. The number of likely N-dealkylation sites (tertiary alicyclic amines) is 1. The van der Waals surface area contributed by atoms with Crippen molar-refractivity contribution in [3.63, 3.8) is 0 Å². The van der Waals surface area contributed by atoms with Crippen molar-refractivity contribution in [1.82, 2.24) is 9.80 Å². The molecule has 158 valence electrons. The Hall–Kier alpha value is -2.51. The Morgan fingerprint density at radius 2 is 1.66 bits per heavy atom. The van der Waals surface area contributed by atoms with Crippen LogP contribution in [0.25, 0.3) is 5.57 Å². The molecule has 0 saturated carbocycles. The molecular weight excluding hydrogens is 385 g/mol. The molecule has 1 heterocycles. The van der Waals surface area contributed by atoms with Crippen molar-refractivity contribution in [1.29, 1.82) is 0 Å². The Labute approximate surface area is 168 Å². The molecule has 3 rings (SSSR count). The van der Waals surface area contributed by atoms with Crippen LogP contribution in [0.2, 0.25) is 0 Å². The largest absolute Gasteiger partial charge is 0.471 e. The fourth-order valence-electron chi connectivity index (χ4n) is 3.56. The number of rotatable bonds is 3. The minimum absolute atomic E-state index is 0.0454. The van der Waals surface area contributed by atoms with E-state index in [0.717, 1.165) is 21.7 Å². The molecule has 1 aromatic carbocycles. The summed E-state index contributed by atoms with van der Waals surface area (Å²) >= 11 is 0. The molecule has 1 aliphatic carbocycles. The van der Waals surface area contributed by atoms with Gasteiger partial charge in [0.1, 0.15) is 5.60 Å². The minimum atomic E-state index is -4.88. The molecule has 0 spiro atoms. The summed E-state index contributed by atoms with van der Waals surface area (Å²) in [6.45, 7) is 5.22. The van der Waals surface area contributed by atoms with Crippen LogP contribution >= 0.6 is 0 Å². The van der Waals surface area contributed by atoms with Crippen LogP contribution in [-0.4, -0.2) is 52.7 Å². The van der Waals surface area contributed by atoms with E-state index in [4.69, 9.17) is 4.74 Å². The van der Waals surface area contributed by atoms with Crippen molar-refractivity contribution in [2.75, 3.05) is 13.1 Å². The van der Waals surface area contributed by atoms with Gasteiger partial charge in [-0.25, -0.2) is 4.79 Å². The molecule has 1 saturated heterocycles. The number of carbonyl (C=O) groups is 2. The molecule has 1 fully saturated rings. The van der Waals surface area contributed by atoms with E-state index in [2.05, 4.69) is 0 Å². The van der Waals surface area contributed by atoms with Gasteiger partial charge in [0, 0.05) is 31.2 Å². The van der Waals surface area contributed by atoms with Gasteiger partial charge in [-0.15, -0.1) is 0 Å². The molecule has 0 radical (unpaired) electrons. The van der Waals surface area contributed by atoms with Crippen molar-refractivity contribution in [3.8, 4) is 0 Å².